The third kappa shape index (κ3) is 3.05. The van der Waals surface area contributed by atoms with Crippen molar-refractivity contribution in [1.82, 2.24) is 15.5 Å². The lowest BCUT2D eigenvalue weighted by Gasteiger charge is -2.27. The van der Waals surface area contributed by atoms with Crippen molar-refractivity contribution in [3.05, 3.63) is 23.4 Å². The monoisotopic (exact) mass is 321 g/mol. The summed E-state index contributed by atoms with van der Waals surface area (Å²) in [6.07, 6.45) is -4.96. The third-order valence-corrected chi connectivity index (χ3v) is 3.66. The molecule has 0 aliphatic heterocycles. The molecule has 0 fully saturated rings. The van der Waals surface area contributed by atoms with E-state index >= 15 is 0 Å². The van der Waals surface area contributed by atoms with E-state index < -0.39 is 24.2 Å². The normalized spacial score (nSPS) is 14.9. The van der Waals surface area contributed by atoms with Crippen LogP contribution < -0.4 is 5.32 Å². The number of hydrogen-bond donors (Lipinski definition) is 2. The number of thiophene rings is 1. The van der Waals surface area contributed by atoms with E-state index in [1.165, 1.54) is 11.3 Å². The van der Waals surface area contributed by atoms with Gasteiger partial charge in [-0.25, -0.2) is 4.79 Å². The molecule has 10 heteroatoms. The predicted molar refractivity (Wildman–Crippen MR) is 66.5 cm³/mol. The standard InChI is InChI=1S/C11H10F3N3O3S/c1-10(9(18)19,11(12,13)14)15-5-7-16-8(17-20-7)6-3-2-4-21-6/h2-4,15H,5H2,1H3,(H,18,19). The van der Waals surface area contributed by atoms with Crippen molar-refractivity contribution in [2.24, 2.45) is 0 Å². The second kappa shape index (κ2) is 5.45. The van der Waals surface area contributed by atoms with Gasteiger partial charge in [0, 0.05) is 0 Å². The number of rotatable bonds is 5. The topological polar surface area (TPSA) is 88.3 Å². The Labute approximate surface area is 120 Å². The molecule has 6 nitrogen and oxygen atoms in total. The maximum Gasteiger partial charge on any atom is 0.417 e. The van der Waals surface area contributed by atoms with Crippen LogP contribution in [0.15, 0.2) is 22.0 Å². The highest BCUT2D eigenvalue weighted by Gasteiger charge is 2.57. The van der Waals surface area contributed by atoms with Gasteiger partial charge < -0.3 is 9.63 Å². The molecule has 0 saturated carbocycles. The number of hydrogen-bond acceptors (Lipinski definition) is 6. The summed E-state index contributed by atoms with van der Waals surface area (Å²) in [6, 6.07) is 3.49. The maximum absolute atomic E-state index is 12.8. The van der Waals surface area contributed by atoms with E-state index in [-0.39, 0.29) is 11.7 Å². The van der Waals surface area contributed by atoms with Gasteiger partial charge in [0.05, 0.1) is 11.4 Å². The van der Waals surface area contributed by atoms with Crippen LogP contribution in [0, 0.1) is 0 Å². The lowest BCUT2D eigenvalue weighted by Crippen LogP contribution is -2.59. The summed E-state index contributed by atoms with van der Waals surface area (Å²) < 4.78 is 43.1. The van der Waals surface area contributed by atoms with Gasteiger partial charge in [0.15, 0.2) is 0 Å². The first-order chi connectivity index (χ1) is 9.74. The SMILES string of the molecule is CC(NCc1nc(-c2cccs2)no1)(C(=O)O)C(F)(F)F. The lowest BCUT2D eigenvalue weighted by molar-refractivity contribution is -0.206. The number of aliphatic carboxylic acids is 1. The quantitative estimate of drug-likeness (QED) is 0.878. The van der Waals surface area contributed by atoms with E-state index in [9.17, 15) is 18.0 Å². The largest absolute Gasteiger partial charge is 0.480 e. The molecule has 0 bridgehead atoms. The first-order valence-electron chi connectivity index (χ1n) is 5.65. The van der Waals surface area contributed by atoms with Crippen molar-refractivity contribution in [2.75, 3.05) is 0 Å². The van der Waals surface area contributed by atoms with Crippen LogP contribution in [-0.2, 0) is 11.3 Å². The summed E-state index contributed by atoms with van der Waals surface area (Å²) in [6.45, 7) is 0.0204. The predicted octanol–water partition coefficient (Wildman–Crippen LogP) is 2.29. The van der Waals surface area contributed by atoms with Crippen LogP contribution in [0.2, 0.25) is 0 Å². The van der Waals surface area contributed by atoms with Crippen molar-refractivity contribution in [3.8, 4) is 10.7 Å². The number of carboxylic acids is 1. The minimum atomic E-state index is -4.96. The summed E-state index contributed by atoms with van der Waals surface area (Å²) in [5.74, 6) is -1.92. The summed E-state index contributed by atoms with van der Waals surface area (Å²) in [4.78, 5) is 15.4. The molecule has 114 valence electrons. The van der Waals surface area contributed by atoms with Crippen LogP contribution in [-0.4, -0.2) is 32.9 Å². The van der Waals surface area contributed by atoms with Gasteiger partial charge >= 0.3 is 12.1 Å². The molecule has 0 saturated heterocycles. The van der Waals surface area contributed by atoms with Gasteiger partial charge in [0.2, 0.25) is 17.3 Å². The van der Waals surface area contributed by atoms with Gasteiger partial charge in [-0.05, 0) is 18.4 Å². The number of nitrogens with zero attached hydrogens (tertiary/aromatic N) is 2. The minimum Gasteiger partial charge on any atom is -0.480 e. The molecule has 2 rings (SSSR count). The Kier molecular flexibility index (Phi) is 4.01. The molecular weight excluding hydrogens is 311 g/mol. The van der Waals surface area contributed by atoms with E-state index in [0.29, 0.717) is 11.8 Å². The van der Waals surface area contributed by atoms with E-state index in [1.54, 1.807) is 17.5 Å². The number of carboxylic acid groups (broad SMARTS) is 1. The highest BCUT2D eigenvalue weighted by molar-refractivity contribution is 7.13. The van der Waals surface area contributed by atoms with Gasteiger partial charge in [-0.2, -0.15) is 18.2 Å². The molecule has 0 aliphatic carbocycles. The molecule has 0 radical (unpaired) electrons. The van der Waals surface area contributed by atoms with E-state index in [2.05, 4.69) is 10.1 Å². The fourth-order valence-corrected chi connectivity index (χ4v) is 2.03. The molecule has 2 N–H and O–H groups in total. The van der Waals surface area contributed by atoms with Gasteiger partial charge in [0.25, 0.3) is 0 Å². The summed E-state index contributed by atoms with van der Waals surface area (Å²) in [5, 5.41) is 16.1. The van der Waals surface area contributed by atoms with Crippen molar-refractivity contribution < 1.29 is 27.6 Å². The summed E-state index contributed by atoms with van der Waals surface area (Å²) in [5.41, 5.74) is -3.09. The summed E-state index contributed by atoms with van der Waals surface area (Å²) >= 11 is 1.34. The van der Waals surface area contributed by atoms with Crippen molar-refractivity contribution in [3.63, 3.8) is 0 Å². The number of carbonyl (C=O) groups is 1. The Bertz CT molecular complexity index is 626. The van der Waals surface area contributed by atoms with Crippen LogP contribution >= 0.6 is 11.3 Å². The van der Waals surface area contributed by atoms with E-state index in [1.807, 2.05) is 5.32 Å². The molecule has 0 spiro atoms. The second-order valence-electron chi connectivity index (χ2n) is 4.27. The van der Waals surface area contributed by atoms with Crippen molar-refractivity contribution in [1.29, 1.82) is 0 Å². The van der Waals surface area contributed by atoms with Crippen LogP contribution in [0.25, 0.3) is 10.7 Å². The molecule has 1 atom stereocenters. The Morgan fingerprint density at radius 2 is 2.24 bits per heavy atom. The smallest absolute Gasteiger partial charge is 0.417 e. The molecule has 0 amide bonds. The van der Waals surface area contributed by atoms with Gasteiger partial charge in [-0.3, -0.25) is 5.32 Å². The lowest BCUT2D eigenvalue weighted by atomic mass is 10.0. The molecule has 2 aromatic rings. The highest BCUT2D eigenvalue weighted by atomic mass is 32.1. The molecular formula is C11H10F3N3O3S. The van der Waals surface area contributed by atoms with Gasteiger partial charge in [-0.1, -0.05) is 11.2 Å². The molecule has 1 unspecified atom stereocenters. The molecule has 0 aromatic carbocycles. The van der Waals surface area contributed by atoms with Gasteiger partial charge in [0.1, 0.15) is 0 Å². The Morgan fingerprint density at radius 3 is 2.76 bits per heavy atom. The first-order valence-corrected chi connectivity index (χ1v) is 6.53. The number of alkyl halides is 3. The van der Waals surface area contributed by atoms with Crippen LogP contribution in [0.4, 0.5) is 13.2 Å². The number of aromatic nitrogens is 2. The number of halogens is 3. The molecule has 21 heavy (non-hydrogen) atoms. The fraction of sp³-hybridized carbons (Fsp3) is 0.364. The van der Waals surface area contributed by atoms with E-state index in [0.717, 1.165) is 0 Å². The highest BCUT2D eigenvalue weighted by Crippen LogP contribution is 2.30. The van der Waals surface area contributed by atoms with E-state index in [4.69, 9.17) is 9.63 Å². The average Bonchev–Trinajstić information content (AvgIpc) is 3.04. The first kappa shape index (κ1) is 15.4. The second-order valence-corrected chi connectivity index (χ2v) is 5.22. The Hall–Kier alpha value is -1.94. The van der Waals surface area contributed by atoms with Crippen molar-refractivity contribution in [2.45, 2.75) is 25.2 Å². The minimum absolute atomic E-state index is 0.130. The zero-order valence-electron chi connectivity index (χ0n) is 10.6. The maximum atomic E-state index is 12.8. The van der Waals surface area contributed by atoms with Crippen LogP contribution in [0.1, 0.15) is 12.8 Å². The Morgan fingerprint density at radius 1 is 1.52 bits per heavy atom. The number of nitrogens with one attached hydrogen (secondary N) is 1. The third-order valence-electron chi connectivity index (χ3n) is 2.80. The van der Waals surface area contributed by atoms with Crippen molar-refractivity contribution >= 4 is 17.3 Å². The fourth-order valence-electron chi connectivity index (χ4n) is 1.38. The molecule has 0 aliphatic rings. The zero-order valence-corrected chi connectivity index (χ0v) is 11.5. The molecule has 2 aromatic heterocycles. The molecule has 2 heterocycles. The zero-order chi connectivity index (χ0) is 15.7. The van der Waals surface area contributed by atoms with Crippen LogP contribution in [0.5, 0.6) is 0 Å². The Balaban J connectivity index is 2.11. The van der Waals surface area contributed by atoms with Crippen LogP contribution in [0.3, 0.4) is 0 Å². The average molecular weight is 321 g/mol. The summed E-state index contributed by atoms with van der Waals surface area (Å²) in [7, 11) is 0. The van der Waals surface area contributed by atoms with Gasteiger partial charge in [-0.15, -0.1) is 11.3 Å².